The molecule has 2 heteroatoms. The summed E-state index contributed by atoms with van der Waals surface area (Å²) in [6, 6.07) is 0. The molecule has 2 nitrogen and oxygen atoms in total. The van der Waals surface area contributed by atoms with Crippen LogP contribution in [0.1, 0.15) is 38.5 Å². The maximum atomic E-state index is 11.9. The molecule has 0 aliphatic heterocycles. The zero-order valence-electron chi connectivity index (χ0n) is 8.37. The van der Waals surface area contributed by atoms with Crippen LogP contribution in [0.25, 0.3) is 0 Å². The Morgan fingerprint density at radius 2 is 1.93 bits per heavy atom. The van der Waals surface area contributed by atoms with Gasteiger partial charge in [-0.1, -0.05) is 0 Å². The van der Waals surface area contributed by atoms with Gasteiger partial charge < -0.3 is 0 Å². The molecule has 3 aliphatic rings. The normalized spacial score (nSPS) is 46.6. The second-order valence-corrected chi connectivity index (χ2v) is 5.16. The van der Waals surface area contributed by atoms with Crippen molar-refractivity contribution in [1.29, 1.82) is 0 Å². The maximum absolute atomic E-state index is 11.9. The van der Waals surface area contributed by atoms with Crippen LogP contribution in [0, 0.1) is 23.7 Å². The van der Waals surface area contributed by atoms with Crippen LogP contribution in [-0.2, 0) is 9.59 Å². The molecule has 0 amide bonds. The molecule has 1 unspecified atom stereocenters. The summed E-state index contributed by atoms with van der Waals surface area (Å²) >= 11 is 0. The number of hydrogen-bond donors (Lipinski definition) is 0. The van der Waals surface area contributed by atoms with Gasteiger partial charge in [0.25, 0.3) is 0 Å². The molecule has 0 aromatic rings. The van der Waals surface area contributed by atoms with Crippen LogP contribution in [0.15, 0.2) is 0 Å². The molecular formula is C12H16O2. The molecule has 76 valence electrons. The molecule has 0 saturated heterocycles. The van der Waals surface area contributed by atoms with Crippen molar-refractivity contribution in [2.24, 2.45) is 23.7 Å². The van der Waals surface area contributed by atoms with Crippen LogP contribution >= 0.6 is 0 Å². The average molecular weight is 192 g/mol. The van der Waals surface area contributed by atoms with Crippen LogP contribution in [0.4, 0.5) is 0 Å². The van der Waals surface area contributed by atoms with Gasteiger partial charge in [-0.05, 0) is 38.0 Å². The van der Waals surface area contributed by atoms with Crippen LogP contribution in [0.3, 0.4) is 0 Å². The van der Waals surface area contributed by atoms with Gasteiger partial charge in [-0.3, -0.25) is 9.59 Å². The third-order valence-corrected chi connectivity index (χ3v) is 4.50. The Hall–Kier alpha value is -0.660. The third-order valence-electron chi connectivity index (χ3n) is 4.50. The molecule has 0 heterocycles. The molecule has 2 bridgehead atoms. The first-order valence-electron chi connectivity index (χ1n) is 5.84. The van der Waals surface area contributed by atoms with E-state index in [0.29, 0.717) is 23.4 Å². The highest BCUT2D eigenvalue weighted by atomic mass is 16.1. The van der Waals surface area contributed by atoms with Gasteiger partial charge in [-0.2, -0.15) is 0 Å². The molecule has 3 saturated carbocycles. The molecule has 0 radical (unpaired) electrons. The number of fused-ring (bicyclic) bond motifs is 2. The first-order chi connectivity index (χ1) is 6.77. The summed E-state index contributed by atoms with van der Waals surface area (Å²) in [5.41, 5.74) is 0. The van der Waals surface area contributed by atoms with E-state index in [2.05, 4.69) is 0 Å². The first kappa shape index (κ1) is 8.63. The molecular weight excluding hydrogens is 176 g/mol. The van der Waals surface area contributed by atoms with Crippen LogP contribution < -0.4 is 0 Å². The Bertz CT molecular complexity index is 295. The fraction of sp³-hybridized carbons (Fsp3) is 0.833. The van der Waals surface area contributed by atoms with Crippen molar-refractivity contribution in [3.05, 3.63) is 0 Å². The van der Waals surface area contributed by atoms with Crippen LogP contribution in [0.5, 0.6) is 0 Å². The minimum atomic E-state index is 0.123. The lowest BCUT2D eigenvalue weighted by molar-refractivity contribution is -0.133. The van der Waals surface area contributed by atoms with Gasteiger partial charge in [-0.15, -0.1) is 0 Å². The standard InChI is InChI=1S/C12H16O2/c13-10-3-1-2-9(10)11-7-4-5-8(6-7)12(11)14/h7-9,11H,1-6H2/t7-,8+,9?,11-/m0/s1. The van der Waals surface area contributed by atoms with Gasteiger partial charge in [-0.25, -0.2) is 0 Å². The Morgan fingerprint density at radius 3 is 2.50 bits per heavy atom. The summed E-state index contributed by atoms with van der Waals surface area (Å²) in [6.45, 7) is 0. The van der Waals surface area contributed by atoms with Crippen LogP contribution in [-0.4, -0.2) is 11.6 Å². The number of carbonyl (C=O) groups is 2. The van der Waals surface area contributed by atoms with Gasteiger partial charge >= 0.3 is 0 Å². The van der Waals surface area contributed by atoms with Gasteiger partial charge in [0.2, 0.25) is 0 Å². The highest BCUT2D eigenvalue weighted by Crippen LogP contribution is 2.50. The van der Waals surface area contributed by atoms with Gasteiger partial charge in [0.05, 0.1) is 0 Å². The largest absolute Gasteiger partial charge is 0.299 e. The Balaban J connectivity index is 1.85. The Kier molecular flexibility index (Phi) is 1.80. The number of carbonyl (C=O) groups excluding carboxylic acids is 2. The fourth-order valence-corrected chi connectivity index (χ4v) is 3.85. The van der Waals surface area contributed by atoms with E-state index in [1.54, 1.807) is 0 Å². The summed E-state index contributed by atoms with van der Waals surface area (Å²) in [5, 5.41) is 0. The summed E-state index contributed by atoms with van der Waals surface area (Å²) in [6.07, 6.45) is 6.12. The zero-order chi connectivity index (χ0) is 9.71. The monoisotopic (exact) mass is 192 g/mol. The quantitative estimate of drug-likeness (QED) is 0.636. The molecule has 4 atom stereocenters. The van der Waals surface area contributed by atoms with E-state index in [4.69, 9.17) is 0 Å². The first-order valence-corrected chi connectivity index (χ1v) is 5.84. The van der Waals surface area contributed by atoms with Crippen molar-refractivity contribution in [1.82, 2.24) is 0 Å². The zero-order valence-corrected chi connectivity index (χ0v) is 8.37. The molecule has 0 aromatic heterocycles. The molecule has 0 N–H and O–H groups in total. The van der Waals surface area contributed by atoms with Crippen molar-refractivity contribution in [2.45, 2.75) is 38.5 Å². The smallest absolute Gasteiger partial charge is 0.140 e. The minimum absolute atomic E-state index is 0.123. The van der Waals surface area contributed by atoms with E-state index in [0.717, 1.165) is 32.1 Å². The predicted octanol–water partition coefficient (Wildman–Crippen LogP) is 1.97. The number of rotatable bonds is 1. The summed E-state index contributed by atoms with van der Waals surface area (Å²) in [5.74, 6) is 1.97. The molecule has 3 rings (SSSR count). The number of ketones is 2. The second-order valence-electron chi connectivity index (χ2n) is 5.16. The summed E-state index contributed by atoms with van der Waals surface area (Å²) in [7, 11) is 0. The van der Waals surface area contributed by atoms with E-state index < -0.39 is 0 Å². The molecule has 0 aromatic carbocycles. The van der Waals surface area contributed by atoms with E-state index in [1.807, 2.05) is 0 Å². The average Bonchev–Trinajstić information content (AvgIpc) is 2.81. The van der Waals surface area contributed by atoms with Crippen molar-refractivity contribution >= 4 is 11.6 Å². The Morgan fingerprint density at radius 1 is 1.07 bits per heavy atom. The van der Waals surface area contributed by atoms with Gasteiger partial charge in [0, 0.05) is 24.2 Å². The lowest BCUT2D eigenvalue weighted by Gasteiger charge is -2.24. The topological polar surface area (TPSA) is 34.1 Å². The molecule has 14 heavy (non-hydrogen) atoms. The van der Waals surface area contributed by atoms with Crippen LogP contribution in [0.2, 0.25) is 0 Å². The highest BCUT2D eigenvalue weighted by molar-refractivity contribution is 5.94. The third kappa shape index (κ3) is 1.03. The highest BCUT2D eigenvalue weighted by Gasteiger charge is 2.51. The predicted molar refractivity (Wildman–Crippen MR) is 51.7 cm³/mol. The molecule has 3 fully saturated rings. The van der Waals surface area contributed by atoms with Crippen molar-refractivity contribution < 1.29 is 9.59 Å². The van der Waals surface area contributed by atoms with E-state index >= 15 is 0 Å². The number of Topliss-reactive ketones (excluding diaryl/α,β-unsaturated/α-hetero) is 2. The lowest BCUT2D eigenvalue weighted by atomic mass is 9.77. The van der Waals surface area contributed by atoms with Crippen molar-refractivity contribution in [2.75, 3.05) is 0 Å². The van der Waals surface area contributed by atoms with E-state index in [9.17, 15) is 9.59 Å². The Labute approximate surface area is 84.1 Å². The maximum Gasteiger partial charge on any atom is 0.140 e. The summed E-state index contributed by atoms with van der Waals surface area (Å²) in [4.78, 5) is 23.6. The molecule has 3 aliphatic carbocycles. The molecule has 0 spiro atoms. The van der Waals surface area contributed by atoms with Gasteiger partial charge in [0.1, 0.15) is 11.6 Å². The SMILES string of the molecule is O=C1CCCC1[C@H]1C(=O)[C@@H]2CC[C@H]1C2. The second kappa shape index (κ2) is 2.91. The van der Waals surface area contributed by atoms with Crippen molar-refractivity contribution in [3.8, 4) is 0 Å². The van der Waals surface area contributed by atoms with Crippen molar-refractivity contribution in [3.63, 3.8) is 0 Å². The van der Waals surface area contributed by atoms with E-state index in [-0.39, 0.29) is 11.8 Å². The minimum Gasteiger partial charge on any atom is -0.299 e. The lowest BCUT2D eigenvalue weighted by Crippen LogP contribution is -2.31. The van der Waals surface area contributed by atoms with Gasteiger partial charge in [0.15, 0.2) is 0 Å². The fourth-order valence-electron chi connectivity index (χ4n) is 3.85. The van der Waals surface area contributed by atoms with E-state index in [1.165, 1.54) is 6.42 Å². The summed E-state index contributed by atoms with van der Waals surface area (Å²) < 4.78 is 0. The number of hydrogen-bond acceptors (Lipinski definition) is 2.